The van der Waals surface area contributed by atoms with E-state index in [0.29, 0.717) is 11.3 Å². The molecule has 4 nitrogen and oxygen atoms in total. The smallest absolute Gasteiger partial charge is 0.257 e. The molecule has 1 aromatic carbocycles. The van der Waals surface area contributed by atoms with Crippen molar-refractivity contribution < 1.29 is 9.18 Å². The second-order valence-electron chi connectivity index (χ2n) is 3.88. The molecule has 0 aliphatic heterocycles. The van der Waals surface area contributed by atoms with Crippen molar-refractivity contribution in [3.05, 3.63) is 53.6 Å². The number of aromatic nitrogens is 1. The van der Waals surface area contributed by atoms with Gasteiger partial charge in [0.2, 0.25) is 0 Å². The first-order chi connectivity index (χ1) is 8.58. The van der Waals surface area contributed by atoms with E-state index in [9.17, 15) is 9.18 Å². The van der Waals surface area contributed by atoms with Gasteiger partial charge in [0.05, 0.1) is 17.4 Å². The van der Waals surface area contributed by atoms with Crippen LogP contribution in [0.1, 0.15) is 15.9 Å². The molecule has 1 heterocycles. The minimum absolute atomic E-state index is 0.282. The third kappa shape index (κ3) is 2.45. The highest BCUT2D eigenvalue weighted by atomic mass is 19.1. The van der Waals surface area contributed by atoms with Crippen molar-refractivity contribution in [1.29, 1.82) is 0 Å². The maximum atomic E-state index is 13.1. The van der Waals surface area contributed by atoms with Crippen LogP contribution in [0.2, 0.25) is 0 Å². The molecule has 0 spiro atoms. The van der Waals surface area contributed by atoms with Gasteiger partial charge in [-0.3, -0.25) is 9.78 Å². The van der Waals surface area contributed by atoms with E-state index >= 15 is 0 Å². The van der Waals surface area contributed by atoms with Crippen LogP contribution >= 0.6 is 0 Å². The Labute approximate surface area is 104 Å². The van der Waals surface area contributed by atoms with Crippen molar-refractivity contribution in [2.75, 3.05) is 11.1 Å². The molecule has 0 aliphatic carbocycles. The predicted octanol–water partition coefficient (Wildman–Crippen LogP) is 2.36. The highest BCUT2D eigenvalue weighted by molar-refractivity contribution is 6.07. The average molecular weight is 245 g/mol. The summed E-state index contributed by atoms with van der Waals surface area (Å²) in [6.45, 7) is 1.78. The first kappa shape index (κ1) is 12.0. The molecule has 0 aliphatic rings. The van der Waals surface area contributed by atoms with Crippen LogP contribution in [0, 0.1) is 12.7 Å². The number of carbonyl (C=O) groups excluding carboxylic acids is 1. The lowest BCUT2D eigenvalue weighted by Gasteiger charge is -2.09. The van der Waals surface area contributed by atoms with Gasteiger partial charge in [0.15, 0.2) is 0 Å². The molecule has 0 radical (unpaired) electrons. The van der Waals surface area contributed by atoms with Gasteiger partial charge in [0, 0.05) is 11.9 Å². The number of amides is 1. The standard InChI is InChI=1S/C13H12FN3O/c1-8-2-3-9(14)6-12(8)17-13(18)10-4-5-16-7-11(10)15/h2-7H,15H2,1H3,(H,17,18). The Kier molecular flexibility index (Phi) is 3.23. The van der Waals surface area contributed by atoms with Crippen LogP contribution in [0.25, 0.3) is 0 Å². The summed E-state index contributed by atoms with van der Waals surface area (Å²) >= 11 is 0. The molecule has 0 unspecified atom stereocenters. The molecule has 0 saturated carbocycles. The molecule has 2 rings (SSSR count). The number of nitrogens with two attached hydrogens (primary N) is 1. The summed E-state index contributed by atoms with van der Waals surface area (Å²) < 4.78 is 13.1. The number of nitrogen functional groups attached to an aromatic ring is 1. The molecule has 2 aromatic rings. The molecular weight excluding hydrogens is 233 g/mol. The second kappa shape index (κ2) is 4.83. The number of pyridine rings is 1. The fraction of sp³-hybridized carbons (Fsp3) is 0.0769. The van der Waals surface area contributed by atoms with E-state index in [2.05, 4.69) is 10.3 Å². The van der Waals surface area contributed by atoms with Gasteiger partial charge in [-0.15, -0.1) is 0 Å². The van der Waals surface area contributed by atoms with E-state index in [0.717, 1.165) is 5.56 Å². The van der Waals surface area contributed by atoms with Gasteiger partial charge >= 0.3 is 0 Å². The number of halogens is 1. The van der Waals surface area contributed by atoms with Crippen molar-refractivity contribution in [2.24, 2.45) is 0 Å². The summed E-state index contributed by atoms with van der Waals surface area (Å²) in [7, 11) is 0. The van der Waals surface area contributed by atoms with E-state index in [1.165, 1.54) is 30.6 Å². The van der Waals surface area contributed by atoms with E-state index in [1.54, 1.807) is 13.0 Å². The summed E-state index contributed by atoms with van der Waals surface area (Å²) in [5, 5.41) is 2.62. The van der Waals surface area contributed by atoms with Gasteiger partial charge in [-0.2, -0.15) is 0 Å². The molecule has 1 amide bonds. The summed E-state index contributed by atoms with van der Waals surface area (Å²) in [4.78, 5) is 15.8. The summed E-state index contributed by atoms with van der Waals surface area (Å²) in [6, 6.07) is 5.72. The van der Waals surface area contributed by atoms with Crippen molar-refractivity contribution in [3.63, 3.8) is 0 Å². The Balaban J connectivity index is 2.27. The topological polar surface area (TPSA) is 68.0 Å². The minimum atomic E-state index is -0.404. The summed E-state index contributed by atoms with van der Waals surface area (Å²) in [5.74, 6) is -0.790. The van der Waals surface area contributed by atoms with Gasteiger partial charge in [-0.25, -0.2) is 4.39 Å². The van der Waals surface area contributed by atoms with Gasteiger partial charge < -0.3 is 11.1 Å². The first-order valence-electron chi connectivity index (χ1n) is 5.35. The third-order valence-corrected chi connectivity index (χ3v) is 2.54. The van der Waals surface area contributed by atoms with Crippen molar-refractivity contribution >= 4 is 17.3 Å². The Morgan fingerprint density at radius 2 is 2.17 bits per heavy atom. The minimum Gasteiger partial charge on any atom is -0.397 e. The van der Waals surface area contributed by atoms with Gasteiger partial charge in [-0.05, 0) is 30.7 Å². The molecule has 92 valence electrons. The van der Waals surface area contributed by atoms with Gasteiger partial charge in [0.25, 0.3) is 5.91 Å². The summed E-state index contributed by atoms with van der Waals surface area (Å²) in [6.07, 6.45) is 2.87. The zero-order valence-corrected chi connectivity index (χ0v) is 9.77. The molecule has 18 heavy (non-hydrogen) atoms. The lowest BCUT2D eigenvalue weighted by molar-refractivity contribution is 0.102. The number of aryl methyl sites for hydroxylation is 1. The largest absolute Gasteiger partial charge is 0.397 e. The Bertz CT molecular complexity index is 599. The maximum Gasteiger partial charge on any atom is 0.257 e. The van der Waals surface area contributed by atoms with Crippen LogP contribution in [0.3, 0.4) is 0 Å². The number of benzene rings is 1. The number of nitrogens with one attached hydrogen (secondary N) is 1. The van der Waals surface area contributed by atoms with E-state index in [4.69, 9.17) is 5.73 Å². The maximum absolute atomic E-state index is 13.1. The molecule has 1 aromatic heterocycles. The first-order valence-corrected chi connectivity index (χ1v) is 5.35. The number of anilines is 2. The van der Waals surface area contributed by atoms with Crippen LogP contribution in [0.15, 0.2) is 36.7 Å². The van der Waals surface area contributed by atoms with Crippen LogP contribution in [-0.4, -0.2) is 10.9 Å². The zero-order chi connectivity index (χ0) is 13.1. The quantitative estimate of drug-likeness (QED) is 0.853. The van der Waals surface area contributed by atoms with Gasteiger partial charge in [-0.1, -0.05) is 6.07 Å². The number of hydrogen-bond donors (Lipinski definition) is 2. The lowest BCUT2D eigenvalue weighted by Crippen LogP contribution is -2.15. The van der Waals surface area contributed by atoms with Crippen molar-refractivity contribution in [3.8, 4) is 0 Å². The average Bonchev–Trinajstić information content (AvgIpc) is 2.34. The fourth-order valence-corrected chi connectivity index (χ4v) is 1.53. The molecule has 3 N–H and O–H groups in total. The normalized spacial score (nSPS) is 10.1. The SMILES string of the molecule is Cc1ccc(F)cc1NC(=O)c1ccncc1N. The summed E-state index contributed by atoms with van der Waals surface area (Å²) in [5.41, 5.74) is 7.44. The second-order valence-corrected chi connectivity index (χ2v) is 3.88. The van der Waals surface area contributed by atoms with Crippen LogP contribution in [0.4, 0.5) is 15.8 Å². The molecule has 0 saturated heterocycles. The molecule has 0 atom stereocenters. The highest BCUT2D eigenvalue weighted by Crippen LogP contribution is 2.18. The lowest BCUT2D eigenvalue weighted by atomic mass is 10.1. The third-order valence-electron chi connectivity index (χ3n) is 2.54. The van der Waals surface area contributed by atoms with E-state index < -0.39 is 5.82 Å². The number of hydrogen-bond acceptors (Lipinski definition) is 3. The van der Waals surface area contributed by atoms with Crippen LogP contribution in [-0.2, 0) is 0 Å². The van der Waals surface area contributed by atoms with Crippen LogP contribution in [0.5, 0.6) is 0 Å². The van der Waals surface area contributed by atoms with Crippen LogP contribution < -0.4 is 11.1 Å². The van der Waals surface area contributed by atoms with E-state index in [1.807, 2.05) is 0 Å². The monoisotopic (exact) mass is 245 g/mol. The highest BCUT2D eigenvalue weighted by Gasteiger charge is 2.11. The van der Waals surface area contributed by atoms with Crippen molar-refractivity contribution in [2.45, 2.75) is 6.92 Å². The fourth-order valence-electron chi connectivity index (χ4n) is 1.53. The Morgan fingerprint density at radius 1 is 1.39 bits per heavy atom. The molecule has 0 fully saturated rings. The Hall–Kier alpha value is -2.43. The van der Waals surface area contributed by atoms with E-state index in [-0.39, 0.29) is 11.6 Å². The molecule has 5 heteroatoms. The predicted molar refractivity (Wildman–Crippen MR) is 67.7 cm³/mol. The van der Waals surface area contributed by atoms with Gasteiger partial charge in [0.1, 0.15) is 5.82 Å². The molecule has 0 bridgehead atoms. The number of nitrogens with zero attached hydrogens (tertiary/aromatic N) is 1. The zero-order valence-electron chi connectivity index (χ0n) is 9.77. The Morgan fingerprint density at radius 3 is 2.89 bits per heavy atom. The molecular formula is C13H12FN3O. The van der Waals surface area contributed by atoms with Crippen molar-refractivity contribution in [1.82, 2.24) is 4.98 Å². The number of carbonyl (C=O) groups is 1. The number of rotatable bonds is 2.